The van der Waals surface area contributed by atoms with Gasteiger partial charge in [-0.25, -0.2) is 0 Å². The van der Waals surface area contributed by atoms with E-state index in [1.54, 1.807) is 14.0 Å². The number of nitrogens with one attached hydrogen (secondary N) is 1. The summed E-state index contributed by atoms with van der Waals surface area (Å²) >= 11 is 0. The molecular weight excluding hydrogens is 318 g/mol. The molecule has 0 saturated heterocycles. The van der Waals surface area contributed by atoms with E-state index < -0.39 is 11.9 Å². The SMILES string of the molecule is Cc1cc(=O)n(C(C)C(=O)Nc2c(C#N)cnn2C)c2ccccc12. The fourth-order valence-corrected chi connectivity index (χ4v) is 2.87. The van der Waals surface area contributed by atoms with Gasteiger partial charge in [0, 0.05) is 18.5 Å². The summed E-state index contributed by atoms with van der Waals surface area (Å²) in [6, 6.07) is 10.2. The summed E-state index contributed by atoms with van der Waals surface area (Å²) in [7, 11) is 1.63. The number of benzene rings is 1. The molecule has 0 spiro atoms. The van der Waals surface area contributed by atoms with Gasteiger partial charge in [0.15, 0.2) is 0 Å². The van der Waals surface area contributed by atoms with E-state index in [0.29, 0.717) is 11.3 Å². The number of carbonyl (C=O) groups excluding carboxylic acids is 1. The summed E-state index contributed by atoms with van der Waals surface area (Å²) in [5, 5.41) is 16.7. The van der Waals surface area contributed by atoms with Gasteiger partial charge < -0.3 is 5.32 Å². The number of fused-ring (bicyclic) bond motifs is 1. The smallest absolute Gasteiger partial charge is 0.252 e. The van der Waals surface area contributed by atoms with Gasteiger partial charge in [0.2, 0.25) is 5.91 Å². The van der Waals surface area contributed by atoms with Crippen LogP contribution in [0.5, 0.6) is 0 Å². The first-order chi connectivity index (χ1) is 11.9. The first-order valence-corrected chi connectivity index (χ1v) is 7.78. The summed E-state index contributed by atoms with van der Waals surface area (Å²) in [6.07, 6.45) is 1.38. The van der Waals surface area contributed by atoms with E-state index in [0.717, 1.165) is 10.9 Å². The van der Waals surface area contributed by atoms with Crippen LogP contribution < -0.4 is 10.9 Å². The Balaban J connectivity index is 2.04. The van der Waals surface area contributed by atoms with Crippen LogP contribution in [0.3, 0.4) is 0 Å². The van der Waals surface area contributed by atoms with Crippen LogP contribution in [0.25, 0.3) is 10.9 Å². The van der Waals surface area contributed by atoms with Gasteiger partial charge in [-0.2, -0.15) is 10.4 Å². The second-order valence-electron chi connectivity index (χ2n) is 5.86. The third-order valence-corrected chi connectivity index (χ3v) is 4.23. The van der Waals surface area contributed by atoms with Gasteiger partial charge in [-0.1, -0.05) is 18.2 Å². The van der Waals surface area contributed by atoms with E-state index in [9.17, 15) is 9.59 Å². The fourth-order valence-electron chi connectivity index (χ4n) is 2.87. The van der Waals surface area contributed by atoms with E-state index in [4.69, 9.17) is 5.26 Å². The van der Waals surface area contributed by atoms with Crippen LogP contribution in [0.1, 0.15) is 24.1 Å². The Morgan fingerprint density at radius 2 is 2.08 bits per heavy atom. The Hall–Kier alpha value is -3.40. The number of anilines is 1. The molecule has 0 radical (unpaired) electrons. The Morgan fingerprint density at radius 3 is 2.80 bits per heavy atom. The second-order valence-corrected chi connectivity index (χ2v) is 5.86. The lowest BCUT2D eigenvalue weighted by Crippen LogP contribution is -2.32. The molecular formula is C18H17N5O2. The number of aromatic nitrogens is 3. The number of rotatable bonds is 3. The lowest BCUT2D eigenvalue weighted by Gasteiger charge is -2.18. The number of aryl methyl sites for hydroxylation is 2. The van der Waals surface area contributed by atoms with Crippen molar-refractivity contribution in [3.05, 3.63) is 58.0 Å². The van der Waals surface area contributed by atoms with Crippen molar-refractivity contribution in [2.75, 3.05) is 5.32 Å². The van der Waals surface area contributed by atoms with Crippen LogP contribution in [-0.4, -0.2) is 20.3 Å². The number of pyridine rings is 1. The van der Waals surface area contributed by atoms with Crippen molar-refractivity contribution < 1.29 is 4.79 Å². The highest BCUT2D eigenvalue weighted by atomic mass is 16.2. The summed E-state index contributed by atoms with van der Waals surface area (Å²) in [5.74, 6) is -0.0833. The molecule has 126 valence electrons. The minimum Gasteiger partial charge on any atom is -0.308 e. The maximum Gasteiger partial charge on any atom is 0.252 e. The minimum atomic E-state index is -0.751. The number of nitriles is 1. The second kappa shape index (κ2) is 6.24. The van der Waals surface area contributed by atoms with E-state index in [-0.39, 0.29) is 11.1 Å². The molecule has 25 heavy (non-hydrogen) atoms. The fraction of sp³-hybridized carbons (Fsp3) is 0.222. The number of carbonyl (C=O) groups is 1. The molecule has 3 aromatic rings. The predicted molar refractivity (Wildman–Crippen MR) is 94.2 cm³/mol. The van der Waals surface area contributed by atoms with Crippen LogP contribution in [0.2, 0.25) is 0 Å². The molecule has 3 rings (SSSR count). The quantitative estimate of drug-likeness (QED) is 0.793. The topological polar surface area (TPSA) is 92.7 Å². The van der Waals surface area contributed by atoms with Crippen LogP contribution in [0, 0.1) is 18.3 Å². The molecule has 1 atom stereocenters. The molecule has 1 amide bonds. The molecule has 7 heteroatoms. The predicted octanol–water partition coefficient (Wildman–Crippen LogP) is 2.11. The zero-order valence-corrected chi connectivity index (χ0v) is 14.1. The molecule has 0 aliphatic rings. The average molecular weight is 335 g/mol. The van der Waals surface area contributed by atoms with Gasteiger partial charge in [0.25, 0.3) is 5.56 Å². The maximum absolute atomic E-state index is 12.7. The summed E-state index contributed by atoms with van der Waals surface area (Å²) in [4.78, 5) is 25.2. The Morgan fingerprint density at radius 1 is 1.36 bits per heavy atom. The van der Waals surface area contributed by atoms with Crippen molar-refractivity contribution in [3.8, 4) is 6.07 Å². The lowest BCUT2D eigenvalue weighted by molar-refractivity contribution is -0.118. The molecule has 0 fully saturated rings. The van der Waals surface area contributed by atoms with Crippen molar-refractivity contribution in [1.82, 2.24) is 14.3 Å². The third-order valence-electron chi connectivity index (χ3n) is 4.23. The summed E-state index contributed by atoms with van der Waals surface area (Å²) in [5.41, 5.74) is 1.58. The number of para-hydroxylation sites is 1. The standard InChI is InChI=1S/C18H17N5O2/c1-11-8-16(24)23(15-7-5-4-6-14(11)15)12(2)18(25)21-17-13(9-19)10-20-22(17)3/h4-8,10,12H,1-3H3,(H,21,25). The van der Waals surface area contributed by atoms with Gasteiger partial charge in [0.1, 0.15) is 23.5 Å². The first kappa shape index (κ1) is 16.5. The highest BCUT2D eigenvalue weighted by molar-refractivity contribution is 5.95. The first-order valence-electron chi connectivity index (χ1n) is 7.78. The number of amides is 1. The highest BCUT2D eigenvalue weighted by Gasteiger charge is 2.21. The van der Waals surface area contributed by atoms with Crippen molar-refractivity contribution in [1.29, 1.82) is 5.26 Å². The van der Waals surface area contributed by atoms with Crippen LogP contribution in [0.15, 0.2) is 41.3 Å². The third kappa shape index (κ3) is 2.78. The molecule has 2 heterocycles. The van der Waals surface area contributed by atoms with Crippen molar-refractivity contribution in [3.63, 3.8) is 0 Å². The zero-order chi connectivity index (χ0) is 18.1. The van der Waals surface area contributed by atoms with E-state index in [2.05, 4.69) is 10.4 Å². The molecule has 1 N–H and O–H groups in total. The molecule has 0 bridgehead atoms. The number of hydrogen-bond donors (Lipinski definition) is 1. The Bertz CT molecular complexity index is 1070. The van der Waals surface area contributed by atoms with E-state index in [1.165, 1.54) is 21.5 Å². The Labute approximate surface area is 144 Å². The average Bonchev–Trinajstić information content (AvgIpc) is 2.94. The van der Waals surface area contributed by atoms with Crippen molar-refractivity contribution >= 4 is 22.6 Å². The van der Waals surface area contributed by atoms with E-state index in [1.807, 2.05) is 37.3 Å². The largest absolute Gasteiger partial charge is 0.308 e. The molecule has 0 aliphatic carbocycles. The monoisotopic (exact) mass is 335 g/mol. The zero-order valence-electron chi connectivity index (χ0n) is 14.1. The molecule has 1 aromatic carbocycles. The van der Waals surface area contributed by atoms with Crippen molar-refractivity contribution in [2.45, 2.75) is 19.9 Å². The molecule has 0 aliphatic heterocycles. The van der Waals surface area contributed by atoms with Crippen molar-refractivity contribution in [2.24, 2.45) is 7.05 Å². The van der Waals surface area contributed by atoms with Gasteiger partial charge in [-0.05, 0) is 25.5 Å². The number of nitrogens with zero attached hydrogens (tertiary/aromatic N) is 4. The van der Waals surface area contributed by atoms with Gasteiger partial charge in [0.05, 0.1) is 11.7 Å². The van der Waals surface area contributed by atoms with Crippen LogP contribution >= 0.6 is 0 Å². The van der Waals surface area contributed by atoms with Crippen LogP contribution in [-0.2, 0) is 11.8 Å². The molecule has 1 unspecified atom stereocenters. The van der Waals surface area contributed by atoms with E-state index >= 15 is 0 Å². The summed E-state index contributed by atoms with van der Waals surface area (Å²) < 4.78 is 2.87. The summed E-state index contributed by atoms with van der Waals surface area (Å²) in [6.45, 7) is 3.52. The minimum absolute atomic E-state index is 0.246. The highest BCUT2D eigenvalue weighted by Crippen LogP contribution is 2.21. The lowest BCUT2D eigenvalue weighted by atomic mass is 10.1. The van der Waals surface area contributed by atoms with Crippen LogP contribution in [0.4, 0.5) is 5.82 Å². The van der Waals surface area contributed by atoms with Gasteiger partial charge >= 0.3 is 0 Å². The normalized spacial score (nSPS) is 11.9. The Kier molecular flexibility index (Phi) is 4.11. The van der Waals surface area contributed by atoms with Gasteiger partial charge in [-0.3, -0.25) is 18.8 Å². The maximum atomic E-state index is 12.7. The number of hydrogen-bond acceptors (Lipinski definition) is 4. The molecule has 2 aromatic heterocycles. The molecule has 0 saturated carbocycles. The molecule has 7 nitrogen and oxygen atoms in total. The van der Waals surface area contributed by atoms with Gasteiger partial charge in [-0.15, -0.1) is 0 Å².